The van der Waals surface area contributed by atoms with E-state index in [0.717, 1.165) is 25.5 Å². The molecular weight excluding hydrogens is 566 g/mol. The summed E-state index contributed by atoms with van der Waals surface area (Å²) < 4.78 is 44.6. The van der Waals surface area contributed by atoms with Crippen molar-refractivity contribution in [3.8, 4) is 0 Å². The van der Waals surface area contributed by atoms with Crippen LogP contribution in [0.3, 0.4) is 0 Å². The molecule has 1 saturated carbocycles. The van der Waals surface area contributed by atoms with E-state index in [1.54, 1.807) is 6.07 Å². The van der Waals surface area contributed by atoms with Gasteiger partial charge in [-0.2, -0.15) is 0 Å². The fourth-order valence-corrected chi connectivity index (χ4v) is 7.49. The Morgan fingerprint density at radius 1 is 0.857 bits per heavy atom. The molecule has 2 aromatic rings. The summed E-state index contributed by atoms with van der Waals surface area (Å²) in [6, 6.07) is 7.99. The van der Waals surface area contributed by atoms with Crippen molar-refractivity contribution in [2.24, 2.45) is 23.7 Å². The molecule has 0 radical (unpaired) electrons. The molecule has 2 aromatic carbocycles. The highest BCUT2D eigenvalue weighted by molar-refractivity contribution is 7.92. The summed E-state index contributed by atoms with van der Waals surface area (Å²) in [4.78, 5) is 54.7. The fourth-order valence-electron chi connectivity index (χ4n) is 6.43. The van der Waals surface area contributed by atoms with E-state index in [9.17, 15) is 27.6 Å². The van der Waals surface area contributed by atoms with Gasteiger partial charge in [-0.25, -0.2) is 22.9 Å². The first-order valence-corrected chi connectivity index (χ1v) is 15.0. The Labute approximate surface area is 242 Å². The molecular formula is C29H29N3O9S. The number of nitrogens with one attached hydrogen (secondary N) is 1. The Morgan fingerprint density at radius 3 is 1.98 bits per heavy atom. The molecule has 2 bridgehead atoms. The average Bonchev–Trinajstić information content (AvgIpc) is 3.69. The SMILES string of the molecule is COC(=O)c1cc(NS(=O)(=O)c2ccc(N3CCOCC3)c(N3C(=O)[C@@H]4[C@@H](C3=O)[C@H]3C=C[C@H]4C3)c2)cc(C(=O)OC)c1. The molecule has 0 aromatic heterocycles. The van der Waals surface area contributed by atoms with Crippen molar-refractivity contribution in [3.05, 3.63) is 59.7 Å². The lowest BCUT2D eigenvalue weighted by molar-refractivity contribution is -0.123. The number of fused-ring (bicyclic) bond motifs is 5. The Hall–Kier alpha value is -4.23. The molecule has 42 heavy (non-hydrogen) atoms. The zero-order valence-electron chi connectivity index (χ0n) is 22.9. The van der Waals surface area contributed by atoms with Crippen molar-refractivity contribution in [1.82, 2.24) is 0 Å². The van der Waals surface area contributed by atoms with E-state index in [-0.39, 0.29) is 51.0 Å². The molecule has 2 aliphatic heterocycles. The summed E-state index contributed by atoms with van der Waals surface area (Å²) in [5.74, 6) is -3.14. The molecule has 2 saturated heterocycles. The van der Waals surface area contributed by atoms with E-state index in [2.05, 4.69) is 4.72 Å². The topological polar surface area (TPSA) is 149 Å². The van der Waals surface area contributed by atoms with Crippen molar-refractivity contribution in [2.75, 3.05) is 55.0 Å². The minimum Gasteiger partial charge on any atom is -0.465 e. The lowest BCUT2D eigenvalue weighted by Gasteiger charge is -2.32. The molecule has 220 valence electrons. The van der Waals surface area contributed by atoms with Gasteiger partial charge < -0.3 is 19.1 Å². The summed E-state index contributed by atoms with van der Waals surface area (Å²) in [5.41, 5.74) is 0.540. The highest BCUT2D eigenvalue weighted by Gasteiger charge is 2.60. The first kappa shape index (κ1) is 27.9. The summed E-state index contributed by atoms with van der Waals surface area (Å²) in [7, 11) is -2.02. The number of amides is 2. The number of carbonyl (C=O) groups is 4. The number of allylic oxidation sites excluding steroid dienone is 2. The van der Waals surface area contributed by atoms with Crippen molar-refractivity contribution in [2.45, 2.75) is 11.3 Å². The normalized spacial score (nSPS) is 24.6. The molecule has 13 heteroatoms. The number of morpholine rings is 1. The van der Waals surface area contributed by atoms with E-state index in [1.807, 2.05) is 17.1 Å². The van der Waals surface area contributed by atoms with Crippen LogP contribution in [0.25, 0.3) is 0 Å². The van der Waals surface area contributed by atoms with Gasteiger partial charge in [-0.3, -0.25) is 14.3 Å². The maximum Gasteiger partial charge on any atom is 0.337 e. The number of benzene rings is 2. The highest BCUT2D eigenvalue weighted by Crippen LogP contribution is 2.54. The van der Waals surface area contributed by atoms with E-state index >= 15 is 0 Å². The second-order valence-corrected chi connectivity index (χ2v) is 12.3. The number of anilines is 3. The number of sulfonamides is 1. The molecule has 0 unspecified atom stereocenters. The van der Waals surface area contributed by atoms with Crippen LogP contribution in [0.5, 0.6) is 0 Å². The number of hydrogen-bond acceptors (Lipinski definition) is 10. The molecule has 4 aliphatic rings. The molecule has 0 spiro atoms. The standard InChI is InChI=1S/C29H29N3O9S/c1-39-28(35)18-12-19(29(36)40-2)14-20(13-18)30-42(37,38)21-5-6-22(31-7-9-41-10-8-31)23(15-21)32-26(33)24-16-3-4-17(11-16)25(24)27(32)34/h3-6,12-17,24-25,30H,7-11H2,1-2H3/t16-,17-,24-,25-/m0/s1. The highest BCUT2D eigenvalue weighted by atomic mass is 32.2. The quantitative estimate of drug-likeness (QED) is 0.287. The van der Waals surface area contributed by atoms with Gasteiger partial charge in [0.15, 0.2) is 0 Å². The van der Waals surface area contributed by atoms with Gasteiger partial charge in [-0.1, -0.05) is 12.2 Å². The third-order valence-corrected chi connectivity index (χ3v) is 9.73. The number of nitrogens with zero attached hydrogens (tertiary/aromatic N) is 2. The van der Waals surface area contributed by atoms with Crippen LogP contribution in [0.2, 0.25) is 0 Å². The second-order valence-electron chi connectivity index (χ2n) is 10.6. The van der Waals surface area contributed by atoms with Gasteiger partial charge in [0.25, 0.3) is 10.0 Å². The average molecular weight is 596 g/mol. The van der Waals surface area contributed by atoms with E-state index in [1.165, 1.54) is 30.3 Å². The van der Waals surface area contributed by atoms with Crippen LogP contribution in [0.1, 0.15) is 27.1 Å². The van der Waals surface area contributed by atoms with E-state index < -0.39 is 33.8 Å². The van der Waals surface area contributed by atoms with Crippen molar-refractivity contribution < 1.29 is 41.8 Å². The lowest BCUT2D eigenvalue weighted by Crippen LogP contribution is -2.39. The summed E-state index contributed by atoms with van der Waals surface area (Å²) >= 11 is 0. The number of esters is 2. The summed E-state index contributed by atoms with van der Waals surface area (Å²) in [6.07, 6.45) is 4.77. The van der Waals surface area contributed by atoms with Crippen LogP contribution >= 0.6 is 0 Å². The van der Waals surface area contributed by atoms with Gasteiger partial charge >= 0.3 is 11.9 Å². The van der Waals surface area contributed by atoms with Crippen LogP contribution in [-0.2, 0) is 33.8 Å². The minimum atomic E-state index is -4.33. The predicted molar refractivity (Wildman–Crippen MR) is 150 cm³/mol. The number of methoxy groups -OCH3 is 2. The van der Waals surface area contributed by atoms with Crippen LogP contribution in [0.15, 0.2) is 53.4 Å². The zero-order valence-corrected chi connectivity index (χ0v) is 23.8. The lowest BCUT2D eigenvalue weighted by atomic mass is 9.85. The minimum absolute atomic E-state index is 0.00652. The van der Waals surface area contributed by atoms with Crippen LogP contribution < -0.4 is 14.5 Å². The first-order chi connectivity index (χ1) is 20.1. The third kappa shape index (κ3) is 4.62. The maximum atomic E-state index is 13.7. The van der Waals surface area contributed by atoms with Crippen LogP contribution in [-0.4, -0.2) is 72.7 Å². The monoisotopic (exact) mass is 595 g/mol. The van der Waals surface area contributed by atoms with Gasteiger partial charge in [0.1, 0.15) is 0 Å². The van der Waals surface area contributed by atoms with Crippen molar-refractivity contribution in [3.63, 3.8) is 0 Å². The molecule has 2 aliphatic carbocycles. The Bertz CT molecular complexity index is 1570. The fraction of sp³-hybridized carbons (Fsp3) is 0.379. The Kier molecular flexibility index (Phi) is 7.01. The van der Waals surface area contributed by atoms with Gasteiger partial charge in [-0.15, -0.1) is 0 Å². The summed E-state index contributed by atoms with van der Waals surface area (Å²) in [6.45, 7) is 1.90. The third-order valence-electron chi connectivity index (χ3n) is 8.35. The molecule has 3 fully saturated rings. The van der Waals surface area contributed by atoms with Crippen LogP contribution in [0, 0.1) is 23.7 Å². The zero-order chi connectivity index (χ0) is 29.8. The maximum absolute atomic E-state index is 13.7. The molecule has 2 amide bonds. The number of hydrogen-bond donors (Lipinski definition) is 1. The molecule has 6 rings (SSSR count). The molecule has 12 nitrogen and oxygen atoms in total. The second kappa shape index (κ2) is 10.6. The largest absolute Gasteiger partial charge is 0.465 e. The Morgan fingerprint density at radius 2 is 1.43 bits per heavy atom. The van der Waals surface area contributed by atoms with Gasteiger partial charge in [0, 0.05) is 13.1 Å². The predicted octanol–water partition coefficient (Wildman–Crippen LogP) is 2.21. The van der Waals surface area contributed by atoms with Crippen molar-refractivity contribution >= 4 is 50.8 Å². The van der Waals surface area contributed by atoms with E-state index in [0.29, 0.717) is 32.0 Å². The van der Waals surface area contributed by atoms with Crippen LogP contribution in [0.4, 0.5) is 17.1 Å². The first-order valence-electron chi connectivity index (χ1n) is 13.5. The molecule has 1 N–H and O–H groups in total. The summed E-state index contributed by atoms with van der Waals surface area (Å²) in [5, 5.41) is 0. The molecule has 4 atom stereocenters. The number of rotatable bonds is 7. The number of imide groups is 1. The number of carbonyl (C=O) groups excluding carboxylic acids is 4. The van der Waals surface area contributed by atoms with Crippen molar-refractivity contribution in [1.29, 1.82) is 0 Å². The molecule has 2 heterocycles. The van der Waals surface area contributed by atoms with Gasteiger partial charge in [-0.05, 0) is 54.7 Å². The number of ether oxygens (including phenoxy) is 3. The Balaban J connectivity index is 1.39. The smallest absolute Gasteiger partial charge is 0.337 e. The van der Waals surface area contributed by atoms with E-state index in [4.69, 9.17) is 14.2 Å². The van der Waals surface area contributed by atoms with Gasteiger partial charge in [0.05, 0.1) is 72.4 Å². The van der Waals surface area contributed by atoms with Gasteiger partial charge in [0.2, 0.25) is 11.8 Å².